The molecule has 5 heteroatoms. The van der Waals surface area contributed by atoms with Gasteiger partial charge in [0, 0.05) is 22.7 Å². The summed E-state index contributed by atoms with van der Waals surface area (Å²) in [5.74, 6) is 0. The second-order valence-corrected chi connectivity index (χ2v) is 6.18. The molecule has 0 amide bonds. The topological polar surface area (TPSA) is 35.8 Å². The van der Waals surface area contributed by atoms with Crippen LogP contribution in [0.2, 0.25) is 4.34 Å². The maximum absolute atomic E-state index is 8.58. The van der Waals surface area contributed by atoms with E-state index >= 15 is 0 Å². The Morgan fingerprint density at radius 1 is 1.35 bits per heavy atom. The van der Waals surface area contributed by atoms with Crippen molar-refractivity contribution >= 4 is 34.3 Å². The Morgan fingerprint density at radius 3 is 2.82 bits per heavy atom. The van der Waals surface area contributed by atoms with E-state index in [0.29, 0.717) is 13.0 Å². The van der Waals surface area contributed by atoms with Crippen LogP contribution in [0.5, 0.6) is 0 Å². The predicted octanol–water partition coefficient (Wildman–Crippen LogP) is 4.06. The number of nitrogens with zero attached hydrogens (tertiary/aromatic N) is 1. The Hall–Kier alpha value is -0.860. The van der Waals surface area contributed by atoms with Gasteiger partial charge in [-0.2, -0.15) is 5.26 Å². The Balaban J connectivity index is 2.16. The monoisotopic (exact) mass is 282 g/mol. The quantitative estimate of drug-likeness (QED) is 0.840. The van der Waals surface area contributed by atoms with Gasteiger partial charge in [-0.1, -0.05) is 17.7 Å². The molecule has 0 aliphatic heterocycles. The number of thiophene rings is 2. The highest BCUT2D eigenvalue weighted by molar-refractivity contribution is 7.16. The third kappa shape index (κ3) is 3.30. The van der Waals surface area contributed by atoms with Gasteiger partial charge < -0.3 is 5.32 Å². The van der Waals surface area contributed by atoms with Crippen LogP contribution in [0, 0.1) is 11.3 Å². The second kappa shape index (κ2) is 6.18. The van der Waals surface area contributed by atoms with Crippen LogP contribution in [0.4, 0.5) is 0 Å². The van der Waals surface area contributed by atoms with Crippen LogP contribution >= 0.6 is 34.3 Å². The van der Waals surface area contributed by atoms with E-state index in [9.17, 15) is 0 Å². The molecule has 1 unspecified atom stereocenters. The molecular weight excluding hydrogens is 272 g/mol. The summed E-state index contributed by atoms with van der Waals surface area (Å²) < 4.78 is 0.795. The van der Waals surface area contributed by atoms with Crippen molar-refractivity contribution in [3.63, 3.8) is 0 Å². The Bertz CT molecular complexity index is 499. The first-order chi connectivity index (χ1) is 8.31. The molecule has 0 saturated carbocycles. The molecule has 0 aliphatic carbocycles. The fraction of sp³-hybridized carbons (Fsp3) is 0.250. The molecule has 17 heavy (non-hydrogen) atoms. The van der Waals surface area contributed by atoms with Crippen molar-refractivity contribution in [2.24, 2.45) is 0 Å². The molecule has 0 saturated heterocycles. The van der Waals surface area contributed by atoms with E-state index in [0.717, 1.165) is 4.34 Å². The third-order valence-electron chi connectivity index (χ3n) is 2.29. The van der Waals surface area contributed by atoms with Crippen LogP contribution in [0.15, 0.2) is 29.6 Å². The average molecular weight is 283 g/mol. The second-order valence-electron chi connectivity index (χ2n) is 3.45. The van der Waals surface area contributed by atoms with Crippen molar-refractivity contribution in [3.8, 4) is 6.07 Å². The number of rotatable bonds is 5. The van der Waals surface area contributed by atoms with Crippen molar-refractivity contribution in [2.75, 3.05) is 6.54 Å². The van der Waals surface area contributed by atoms with Gasteiger partial charge in [0.15, 0.2) is 0 Å². The summed E-state index contributed by atoms with van der Waals surface area (Å²) in [6.07, 6.45) is 0.515. The van der Waals surface area contributed by atoms with Crippen LogP contribution in [0.25, 0.3) is 0 Å². The molecule has 0 bridgehead atoms. The zero-order valence-electron chi connectivity index (χ0n) is 9.02. The molecule has 0 aromatic carbocycles. The van der Waals surface area contributed by atoms with Gasteiger partial charge in [0.2, 0.25) is 0 Å². The summed E-state index contributed by atoms with van der Waals surface area (Å²) >= 11 is 9.26. The van der Waals surface area contributed by atoms with Crippen molar-refractivity contribution in [3.05, 3.63) is 43.7 Å². The molecule has 0 fully saturated rings. The fourth-order valence-corrected chi connectivity index (χ4v) is 3.60. The normalized spacial score (nSPS) is 12.2. The Morgan fingerprint density at radius 2 is 2.24 bits per heavy atom. The van der Waals surface area contributed by atoms with Gasteiger partial charge in [-0.15, -0.1) is 22.7 Å². The number of hydrogen-bond acceptors (Lipinski definition) is 4. The van der Waals surface area contributed by atoms with E-state index in [2.05, 4.69) is 22.8 Å². The molecule has 0 spiro atoms. The van der Waals surface area contributed by atoms with Crippen LogP contribution < -0.4 is 5.32 Å². The van der Waals surface area contributed by atoms with Crippen molar-refractivity contribution in [1.82, 2.24) is 5.32 Å². The lowest BCUT2D eigenvalue weighted by Crippen LogP contribution is -2.21. The first kappa shape index (κ1) is 12.6. The molecule has 2 rings (SSSR count). The molecule has 1 N–H and O–H groups in total. The molecule has 88 valence electrons. The highest BCUT2D eigenvalue weighted by Crippen LogP contribution is 2.32. The minimum Gasteiger partial charge on any atom is -0.304 e. The maximum Gasteiger partial charge on any atom is 0.0931 e. The summed E-state index contributed by atoms with van der Waals surface area (Å²) in [6, 6.07) is 10.4. The van der Waals surface area contributed by atoms with Crippen LogP contribution in [0.1, 0.15) is 22.2 Å². The number of hydrogen-bond donors (Lipinski definition) is 1. The standard InChI is InChI=1S/C12H11ClN2S2/c13-11-5-4-10(17-11)12(15-7-2-6-14)9-3-1-8-16-9/h1,3-5,8,12,15H,2,7H2. The van der Waals surface area contributed by atoms with Crippen LogP contribution in [0.3, 0.4) is 0 Å². The highest BCUT2D eigenvalue weighted by Gasteiger charge is 2.16. The molecule has 2 heterocycles. The smallest absolute Gasteiger partial charge is 0.0931 e. The van der Waals surface area contributed by atoms with E-state index < -0.39 is 0 Å². The van der Waals surface area contributed by atoms with Gasteiger partial charge in [-0.3, -0.25) is 0 Å². The number of nitriles is 1. The molecule has 2 nitrogen and oxygen atoms in total. The van der Waals surface area contributed by atoms with Crippen molar-refractivity contribution in [2.45, 2.75) is 12.5 Å². The third-order valence-corrected chi connectivity index (χ3v) is 4.52. The minimum atomic E-state index is 0.154. The molecule has 2 aromatic rings. The zero-order valence-corrected chi connectivity index (χ0v) is 11.4. The van der Waals surface area contributed by atoms with E-state index in [1.54, 1.807) is 22.7 Å². The van der Waals surface area contributed by atoms with Crippen molar-refractivity contribution in [1.29, 1.82) is 5.26 Å². The zero-order chi connectivity index (χ0) is 12.1. The predicted molar refractivity (Wildman–Crippen MR) is 73.7 cm³/mol. The highest BCUT2D eigenvalue weighted by atomic mass is 35.5. The van der Waals surface area contributed by atoms with E-state index in [4.69, 9.17) is 16.9 Å². The molecule has 1 atom stereocenters. The average Bonchev–Trinajstić information content (AvgIpc) is 2.96. The number of halogens is 1. The van der Waals surface area contributed by atoms with Gasteiger partial charge in [0.05, 0.1) is 16.4 Å². The largest absolute Gasteiger partial charge is 0.304 e. The first-order valence-electron chi connectivity index (χ1n) is 5.20. The summed E-state index contributed by atoms with van der Waals surface area (Å²) in [4.78, 5) is 2.44. The lowest BCUT2D eigenvalue weighted by molar-refractivity contribution is 0.629. The van der Waals surface area contributed by atoms with Crippen LogP contribution in [-0.4, -0.2) is 6.54 Å². The first-order valence-corrected chi connectivity index (χ1v) is 7.27. The van der Waals surface area contributed by atoms with Gasteiger partial charge in [-0.05, 0) is 23.6 Å². The summed E-state index contributed by atoms with van der Waals surface area (Å²) in [7, 11) is 0. The van der Waals surface area contributed by atoms with E-state index in [1.807, 2.05) is 18.2 Å². The summed E-state index contributed by atoms with van der Waals surface area (Å²) in [6.45, 7) is 0.689. The molecule has 0 aliphatic rings. The van der Waals surface area contributed by atoms with Gasteiger partial charge >= 0.3 is 0 Å². The molecule has 0 radical (unpaired) electrons. The fourth-order valence-electron chi connectivity index (χ4n) is 1.55. The Kier molecular flexibility index (Phi) is 4.57. The lowest BCUT2D eigenvalue weighted by Gasteiger charge is -2.14. The van der Waals surface area contributed by atoms with Gasteiger partial charge in [-0.25, -0.2) is 0 Å². The maximum atomic E-state index is 8.58. The van der Waals surface area contributed by atoms with Crippen molar-refractivity contribution < 1.29 is 0 Å². The molecule has 2 aromatic heterocycles. The molecular formula is C12H11ClN2S2. The SMILES string of the molecule is N#CCCNC(c1cccs1)c1ccc(Cl)s1. The summed E-state index contributed by atoms with van der Waals surface area (Å²) in [5.41, 5.74) is 0. The van der Waals surface area contributed by atoms with Gasteiger partial charge in [0.25, 0.3) is 0 Å². The lowest BCUT2D eigenvalue weighted by atomic mass is 10.2. The van der Waals surface area contributed by atoms with Gasteiger partial charge in [0.1, 0.15) is 0 Å². The van der Waals surface area contributed by atoms with E-state index in [1.165, 1.54) is 9.75 Å². The minimum absolute atomic E-state index is 0.154. The van der Waals surface area contributed by atoms with Crippen LogP contribution in [-0.2, 0) is 0 Å². The number of nitrogens with one attached hydrogen (secondary N) is 1. The van der Waals surface area contributed by atoms with E-state index in [-0.39, 0.29) is 6.04 Å². The Labute approximate surface area is 113 Å². The summed E-state index contributed by atoms with van der Waals surface area (Å²) in [5, 5.41) is 14.0.